The molecule has 2 heterocycles. The van der Waals surface area contributed by atoms with Crippen molar-refractivity contribution in [2.45, 2.75) is 0 Å². The molecule has 2 aromatic heterocycles. The zero-order valence-electron chi connectivity index (χ0n) is 11.5. The molecule has 0 unspecified atom stereocenters. The minimum absolute atomic E-state index is 0.210. The van der Waals surface area contributed by atoms with E-state index in [2.05, 4.69) is 21.0 Å². The molecule has 0 radical (unpaired) electrons. The lowest BCUT2D eigenvalue weighted by Crippen LogP contribution is -1.93. The lowest BCUT2D eigenvalue weighted by Gasteiger charge is -2.05. The van der Waals surface area contributed by atoms with Gasteiger partial charge in [-0.1, -0.05) is 6.07 Å². The molecular formula is C16H11N5O. The number of hydrogen-bond donors (Lipinski definition) is 1. The highest BCUT2D eigenvalue weighted by atomic mass is 16.5. The number of aromatic nitrogens is 3. The molecule has 3 rings (SSSR count). The van der Waals surface area contributed by atoms with Crippen molar-refractivity contribution < 1.29 is 4.74 Å². The Morgan fingerprint density at radius 3 is 2.41 bits per heavy atom. The molecule has 1 aromatic carbocycles. The van der Waals surface area contributed by atoms with Gasteiger partial charge in [0.05, 0.1) is 11.6 Å². The third kappa shape index (κ3) is 2.99. The van der Waals surface area contributed by atoms with Crippen molar-refractivity contribution in [3.05, 3.63) is 60.6 Å². The SMILES string of the molecule is N#Cc1cccc(Oc2ncc(-c3ccc(N)nc3)cn2)c1. The van der Waals surface area contributed by atoms with Crippen molar-refractivity contribution in [1.29, 1.82) is 5.26 Å². The lowest BCUT2D eigenvalue weighted by molar-refractivity contribution is 0.442. The van der Waals surface area contributed by atoms with E-state index in [1.807, 2.05) is 6.07 Å². The largest absolute Gasteiger partial charge is 0.424 e. The molecule has 0 amide bonds. The van der Waals surface area contributed by atoms with Gasteiger partial charge >= 0.3 is 6.01 Å². The van der Waals surface area contributed by atoms with Crippen LogP contribution in [0.15, 0.2) is 55.0 Å². The average molecular weight is 289 g/mol. The monoisotopic (exact) mass is 289 g/mol. The molecular weight excluding hydrogens is 278 g/mol. The minimum atomic E-state index is 0.210. The maximum Gasteiger partial charge on any atom is 0.321 e. The van der Waals surface area contributed by atoms with Gasteiger partial charge in [0.2, 0.25) is 0 Å². The van der Waals surface area contributed by atoms with Gasteiger partial charge in [0.15, 0.2) is 0 Å². The van der Waals surface area contributed by atoms with Crippen molar-refractivity contribution in [1.82, 2.24) is 15.0 Å². The molecule has 0 spiro atoms. The fourth-order valence-electron chi connectivity index (χ4n) is 1.83. The summed E-state index contributed by atoms with van der Waals surface area (Å²) in [6, 6.07) is 12.6. The first kappa shape index (κ1) is 13.5. The van der Waals surface area contributed by atoms with Crippen LogP contribution in [0.1, 0.15) is 5.56 Å². The molecule has 0 saturated heterocycles. The third-order valence-corrected chi connectivity index (χ3v) is 2.92. The Balaban J connectivity index is 1.79. The summed E-state index contributed by atoms with van der Waals surface area (Å²) in [5.41, 5.74) is 7.75. The molecule has 6 nitrogen and oxygen atoms in total. The predicted molar refractivity (Wildman–Crippen MR) is 80.9 cm³/mol. The first-order valence-corrected chi connectivity index (χ1v) is 6.46. The molecule has 106 valence electrons. The Morgan fingerprint density at radius 2 is 1.73 bits per heavy atom. The van der Waals surface area contributed by atoms with Crippen LogP contribution in [0.25, 0.3) is 11.1 Å². The third-order valence-electron chi connectivity index (χ3n) is 2.92. The van der Waals surface area contributed by atoms with Crippen LogP contribution in [0.2, 0.25) is 0 Å². The summed E-state index contributed by atoms with van der Waals surface area (Å²) in [4.78, 5) is 12.3. The molecule has 2 N–H and O–H groups in total. The van der Waals surface area contributed by atoms with Gasteiger partial charge in [-0.15, -0.1) is 0 Å². The highest BCUT2D eigenvalue weighted by Crippen LogP contribution is 2.21. The first-order chi connectivity index (χ1) is 10.7. The number of nitriles is 1. The van der Waals surface area contributed by atoms with Crippen LogP contribution in [-0.2, 0) is 0 Å². The molecule has 0 atom stereocenters. The van der Waals surface area contributed by atoms with Gasteiger partial charge in [-0.3, -0.25) is 0 Å². The van der Waals surface area contributed by atoms with Gasteiger partial charge in [0.1, 0.15) is 11.6 Å². The minimum Gasteiger partial charge on any atom is -0.424 e. The summed E-state index contributed by atoms with van der Waals surface area (Å²) in [5, 5.41) is 8.86. The van der Waals surface area contributed by atoms with E-state index < -0.39 is 0 Å². The van der Waals surface area contributed by atoms with E-state index in [1.54, 1.807) is 48.9 Å². The lowest BCUT2D eigenvalue weighted by atomic mass is 10.1. The number of pyridine rings is 1. The Bertz CT molecular complexity index is 822. The van der Waals surface area contributed by atoms with Crippen LogP contribution < -0.4 is 10.5 Å². The van der Waals surface area contributed by atoms with E-state index >= 15 is 0 Å². The van der Waals surface area contributed by atoms with Gasteiger partial charge in [0.25, 0.3) is 0 Å². The summed E-state index contributed by atoms with van der Waals surface area (Å²) >= 11 is 0. The summed E-state index contributed by atoms with van der Waals surface area (Å²) in [5.74, 6) is 0.975. The number of nitrogens with zero attached hydrogens (tertiary/aromatic N) is 4. The molecule has 0 fully saturated rings. The molecule has 6 heteroatoms. The van der Waals surface area contributed by atoms with Crippen LogP contribution >= 0.6 is 0 Å². The fourth-order valence-corrected chi connectivity index (χ4v) is 1.83. The molecule has 3 aromatic rings. The maximum absolute atomic E-state index is 8.86. The standard InChI is InChI=1S/C16H11N5O/c17-7-11-2-1-3-14(6-11)22-16-20-9-13(10-21-16)12-4-5-15(18)19-8-12/h1-6,8-10H,(H2,18,19). The Kier molecular flexibility index (Phi) is 3.62. The molecule has 0 bridgehead atoms. The maximum atomic E-state index is 8.86. The topological polar surface area (TPSA) is 97.7 Å². The molecule has 0 aliphatic carbocycles. The van der Waals surface area contributed by atoms with Crippen LogP contribution in [0.4, 0.5) is 5.82 Å². The van der Waals surface area contributed by atoms with Gasteiger partial charge in [0, 0.05) is 29.7 Å². The number of nitrogen functional groups attached to an aromatic ring is 1. The second-order valence-corrected chi connectivity index (χ2v) is 4.47. The van der Waals surface area contributed by atoms with Crippen LogP contribution in [0.5, 0.6) is 11.8 Å². The molecule has 0 aliphatic heterocycles. The van der Waals surface area contributed by atoms with Crippen molar-refractivity contribution in [3.8, 4) is 29.0 Å². The fraction of sp³-hybridized carbons (Fsp3) is 0. The smallest absolute Gasteiger partial charge is 0.321 e. The normalized spacial score (nSPS) is 9.95. The second-order valence-electron chi connectivity index (χ2n) is 4.47. The van der Waals surface area contributed by atoms with Gasteiger partial charge in [-0.25, -0.2) is 15.0 Å². The Morgan fingerprint density at radius 1 is 0.955 bits per heavy atom. The van der Waals surface area contributed by atoms with E-state index in [-0.39, 0.29) is 6.01 Å². The van der Waals surface area contributed by atoms with Crippen molar-refractivity contribution in [2.75, 3.05) is 5.73 Å². The first-order valence-electron chi connectivity index (χ1n) is 6.46. The molecule has 0 aliphatic rings. The number of nitrogens with two attached hydrogens (primary N) is 1. The highest BCUT2D eigenvalue weighted by molar-refractivity contribution is 5.61. The van der Waals surface area contributed by atoms with Crippen molar-refractivity contribution in [3.63, 3.8) is 0 Å². The summed E-state index contributed by atoms with van der Waals surface area (Å²) in [6.07, 6.45) is 4.94. The molecule has 22 heavy (non-hydrogen) atoms. The van der Waals surface area contributed by atoms with Crippen LogP contribution in [-0.4, -0.2) is 15.0 Å². The van der Waals surface area contributed by atoms with Crippen molar-refractivity contribution in [2.24, 2.45) is 0 Å². The van der Waals surface area contributed by atoms with Crippen LogP contribution in [0.3, 0.4) is 0 Å². The summed E-state index contributed by atoms with van der Waals surface area (Å²) in [6.45, 7) is 0. The second kappa shape index (κ2) is 5.89. The van der Waals surface area contributed by atoms with E-state index in [0.717, 1.165) is 11.1 Å². The summed E-state index contributed by atoms with van der Waals surface area (Å²) < 4.78 is 5.52. The van der Waals surface area contributed by atoms with E-state index in [9.17, 15) is 0 Å². The Hall–Kier alpha value is -3.46. The van der Waals surface area contributed by atoms with E-state index in [0.29, 0.717) is 17.1 Å². The van der Waals surface area contributed by atoms with E-state index in [4.69, 9.17) is 15.7 Å². The number of rotatable bonds is 3. The quantitative estimate of drug-likeness (QED) is 0.796. The average Bonchev–Trinajstić information content (AvgIpc) is 2.57. The highest BCUT2D eigenvalue weighted by Gasteiger charge is 2.04. The van der Waals surface area contributed by atoms with Gasteiger partial charge in [-0.05, 0) is 30.3 Å². The number of anilines is 1. The van der Waals surface area contributed by atoms with Crippen LogP contribution in [0, 0.1) is 11.3 Å². The zero-order valence-corrected chi connectivity index (χ0v) is 11.5. The summed E-state index contributed by atoms with van der Waals surface area (Å²) in [7, 11) is 0. The number of hydrogen-bond acceptors (Lipinski definition) is 6. The predicted octanol–water partition coefficient (Wildman–Crippen LogP) is 2.78. The van der Waals surface area contributed by atoms with E-state index in [1.165, 1.54) is 0 Å². The number of ether oxygens (including phenoxy) is 1. The number of benzene rings is 1. The molecule has 0 saturated carbocycles. The van der Waals surface area contributed by atoms with Crippen molar-refractivity contribution >= 4 is 5.82 Å². The Labute approximate surface area is 126 Å². The van der Waals surface area contributed by atoms with Gasteiger partial charge in [-0.2, -0.15) is 5.26 Å². The zero-order chi connectivity index (χ0) is 15.4. The van der Waals surface area contributed by atoms with Gasteiger partial charge < -0.3 is 10.5 Å².